The predicted molar refractivity (Wildman–Crippen MR) is 152 cm³/mol. The average Bonchev–Trinajstić information content (AvgIpc) is 3.33. The van der Waals surface area contributed by atoms with Crippen LogP contribution in [0.4, 0.5) is 0 Å². The summed E-state index contributed by atoms with van der Waals surface area (Å²) in [6, 6.07) is 25.1. The monoisotopic (exact) mass is 577 g/mol. The SMILES string of the molecule is C=CC[C@]1(C(=O)NNCCc2ccccc2)N=C(c2ccc(OCCCO)cc2)O[C@H]1c1ccc(Br)cc1. The molecule has 0 fully saturated rings. The molecule has 1 aliphatic heterocycles. The van der Waals surface area contributed by atoms with Crippen molar-refractivity contribution >= 4 is 27.7 Å². The smallest absolute Gasteiger partial charge is 0.266 e. The van der Waals surface area contributed by atoms with Gasteiger partial charge in [0, 0.05) is 36.0 Å². The van der Waals surface area contributed by atoms with Crippen molar-refractivity contribution in [1.82, 2.24) is 10.9 Å². The standard InChI is InChI=1S/C30H32BrN3O4/c1-2-18-30(29(36)34-32-19-17-22-7-4-3-5-8-22)27(23-9-13-25(31)14-10-23)38-28(33-30)24-11-15-26(16-12-24)37-21-6-20-35/h2-5,7-16,27,32,35H,1,6,17-21H2,(H,34,36)/t27-,30-/m0/s1. The Labute approximate surface area is 231 Å². The number of benzene rings is 3. The minimum Gasteiger partial charge on any atom is -0.494 e. The molecule has 0 aromatic heterocycles. The third-order valence-corrected chi connectivity index (χ3v) is 6.77. The Morgan fingerprint density at radius 3 is 2.53 bits per heavy atom. The number of carbonyl (C=O) groups excluding carboxylic acids is 1. The normalized spacial score (nSPS) is 18.4. The molecule has 4 rings (SSSR count). The quantitative estimate of drug-likeness (QED) is 0.152. The molecular weight excluding hydrogens is 546 g/mol. The van der Waals surface area contributed by atoms with E-state index >= 15 is 0 Å². The van der Waals surface area contributed by atoms with E-state index < -0.39 is 11.6 Å². The van der Waals surface area contributed by atoms with Crippen LogP contribution >= 0.6 is 15.9 Å². The van der Waals surface area contributed by atoms with Crippen molar-refractivity contribution in [3.63, 3.8) is 0 Å². The van der Waals surface area contributed by atoms with Gasteiger partial charge >= 0.3 is 0 Å². The Kier molecular flexibility index (Phi) is 9.70. The third-order valence-electron chi connectivity index (χ3n) is 6.24. The fourth-order valence-corrected chi connectivity index (χ4v) is 4.54. The van der Waals surface area contributed by atoms with Crippen LogP contribution in [0.15, 0.2) is 101 Å². The molecule has 0 radical (unpaired) electrons. The van der Waals surface area contributed by atoms with E-state index in [1.54, 1.807) is 6.08 Å². The van der Waals surface area contributed by atoms with Crippen LogP contribution in [-0.4, -0.2) is 42.2 Å². The number of ether oxygens (including phenoxy) is 2. The van der Waals surface area contributed by atoms with Crippen LogP contribution in [-0.2, 0) is 16.0 Å². The lowest BCUT2D eigenvalue weighted by Gasteiger charge is -2.29. The zero-order valence-corrected chi connectivity index (χ0v) is 22.7. The highest BCUT2D eigenvalue weighted by Gasteiger charge is 2.52. The van der Waals surface area contributed by atoms with Crippen molar-refractivity contribution in [2.24, 2.45) is 4.99 Å². The summed E-state index contributed by atoms with van der Waals surface area (Å²) in [7, 11) is 0. The molecular formula is C30H32BrN3O4. The maximum Gasteiger partial charge on any atom is 0.266 e. The molecule has 0 aliphatic carbocycles. The van der Waals surface area contributed by atoms with Crippen molar-refractivity contribution in [2.45, 2.75) is 30.9 Å². The molecule has 198 valence electrons. The maximum absolute atomic E-state index is 13.7. The lowest BCUT2D eigenvalue weighted by molar-refractivity contribution is -0.129. The molecule has 3 aromatic carbocycles. The highest BCUT2D eigenvalue weighted by Crippen LogP contribution is 2.42. The molecule has 0 saturated carbocycles. The van der Waals surface area contributed by atoms with Crippen molar-refractivity contribution in [2.75, 3.05) is 19.8 Å². The molecule has 3 aromatic rings. The van der Waals surface area contributed by atoms with Gasteiger partial charge in [-0.15, -0.1) is 6.58 Å². The maximum atomic E-state index is 13.7. The molecule has 3 N–H and O–H groups in total. The van der Waals surface area contributed by atoms with E-state index in [2.05, 4.69) is 45.5 Å². The highest BCUT2D eigenvalue weighted by molar-refractivity contribution is 9.10. The molecule has 7 nitrogen and oxygen atoms in total. The highest BCUT2D eigenvalue weighted by atomic mass is 79.9. The summed E-state index contributed by atoms with van der Waals surface area (Å²) in [4.78, 5) is 18.6. The van der Waals surface area contributed by atoms with Gasteiger partial charge < -0.3 is 14.6 Å². The number of hydrogen-bond donors (Lipinski definition) is 3. The first kappa shape index (κ1) is 27.6. The van der Waals surface area contributed by atoms with Crippen LogP contribution < -0.4 is 15.6 Å². The summed E-state index contributed by atoms with van der Waals surface area (Å²) in [5, 5.41) is 8.96. The van der Waals surface area contributed by atoms with Gasteiger partial charge in [0.15, 0.2) is 11.6 Å². The summed E-state index contributed by atoms with van der Waals surface area (Å²) in [6.07, 6.45) is 2.66. The Morgan fingerprint density at radius 2 is 1.84 bits per heavy atom. The van der Waals surface area contributed by atoms with Crippen molar-refractivity contribution in [3.8, 4) is 5.75 Å². The largest absolute Gasteiger partial charge is 0.494 e. The van der Waals surface area contributed by atoms with Gasteiger partial charge in [-0.25, -0.2) is 10.4 Å². The minimum atomic E-state index is -1.25. The van der Waals surface area contributed by atoms with Crippen LogP contribution in [0.5, 0.6) is 5.75 Å². The number of halogens is 1. The van der Waals surface area contributed by atoms with E-state index in [1.165, 1.54) is 5.56 Å². The second kappa shape index (κ2) is 13.4. The molecule has 1 heterocycles. The van der Waals surface area contributed by atoms with Crippen LogP contribution in [0.3, 0.4) is 0 Å². The zero-order valence-electron chi connectivity index (χ0n) is 21.1. The van der Waals surface area contributed by atoms with Crippen LogP contribution in [0.25, 0.3) is 0 Å². The molecule has 0 unspecified atom stereocenters. The average molecular weight is 579 g/mol. The Balaban J connectivity index is 1.57. The lowest BCUT2D eigenvalue weighted by atomic mass is 9.84. The van der Waals surface area contributed by atoms with E-state index in [0.29, 0.717) is 31.2 Å². The summed E-state index contributed by atoms with van der Waals surface area (Å²) >= 11 is 3.48. The van der Waals surface area contributed by atoms with Gasteiger partial charge in [0.2, 0.25) is 5.90 Å². The number of amides is 1. The van der Waals surface area contributed by atoms with Crippen molar-refractivity contribution in [1.29, 1.82) is 0 Å². The number of aliphatic imine (C=N–C) groups is 1. The molecule has 1 aliphatic rings. The number of hydrazine groups is 1. The lowest BCUT2D eigenvalue weighted by Crippen LogP contribution is -2.52. The second-order valence-electron chi connectivity index (χ2n) is 8.95. The molecule has 0 saturated heterocycles. The second-order valence-corrected chi connectivity index (χ2v) is 9.87. The first-order chi connectivity index (χ1) is 18.6. The van der Waals surface area contributed by atoms with Gasteiger partial charge in [-0.3, -0.25) is 10.2 Å². The van der Waals surface area contributed by atoms with Crippen molar-refractivity contribution in [3.05, 3.63) is 113 Å². The van der Waals surface area contributed by atoms with Gasteiger partial charge in [0.1, 0.15) is 5.75 Å². The van der Waals surface area contributed by atoms with Crippen LogP contribution in [0.1, 0.15) is 35.6 Å². The summed E-state index contributed by atoms with van der Waals surface area (Å²) in [6.45, 7) is 4.98. The Bertz CT molecular complexity index is 1230. The number of carbonyl (C=O) groups is 1. The first-order valence-electron chi connectivity index (χ1n) is 12.6. The topological polar surface area (TPSA) is 92.2 Å². The van der Waals surface area contributed by atoms with E-state index in [-0.39, 0.29) is 18.9 Å². The molecule has 1 amide bonds. The number of aliphatic hydroxyl groups excluding tert-OH is 1. The summed E-state index contributed by atoms with van der Waals surface area (Å²) in [5.74, 6) is 0.765. The predicted octanol–water partition coefficient (Wildman–Crippen LogP) is 4.91. The number of nitrogens with zero attached hydrogens (tertiary/aromatic N) is 1. The summed E-state index contributed by atoms with van der Waals surface area (Å²) in [5.41, 5.74) is 7.42. The molecule has 38 heavy (non-hydrogen) atoms. The van der Waals surface area contributed by atoms with Gasteiger partial charge in [0.25, 0.3) is 5.91 Å². The fourth-order valence-electron chi connectivity index (χ4n) is 4.28. The van der Waals surface area contributed by atoms with E-state index in [4.69, 9.17) is 19.6 Å². The van der Waals surface area contributed by atoms with E-state index in [9.17, 15) is 4.79 Å². The van der Waals surface area contributed by atoms with Gasteiger partial charge in [-0.2, -0.15) is 0 Å². The molecule has 2 atom stereocenters. The van der Waals surface area contributed by atoms with Crippen LogP contribution in [0, 0.1) is 0 Å². The van der Waals surface area contributed by atoms with Crippen molar-refractivity contribution < 1.29 is 19.4 Å². The fraction of sp³-hybridized carbons (Fsp3) is 0.267. The molecule has 0 bridgehead atoms. The Morgan fingerprint density at radius 1 is 1.11 bits per heavy atom. The minimum absolute atomic E-state index is 0.0781. The van der Waals surface area contributed by atoms with Gasteiger partial charge in [-0.05, 0) is 53.9 Å². The van der Waals surface area contributed by atoms with Gasteiger partial charge in [-0.1, -0.05) is 64.5 Å². The zero-order chi connectivity index (χ0) is 26.8. The Hall–Kier alpha value is -3.46. The third kappa shape index (κ3) is 6.69. The van der Waals surface area contributed by atoms with E-state index in [0.717, 1.165) is 22.0 Å². The van der Waals surface area contributed by atoms with Gasteiger partial charge in [0.05, 0.1) is 6.61 Å². The number of aliphatic hydroxyl groups is 1. The number of rotatable bonds is 13. The van der Waals surface area contributed by atoms with Crippen LogP contribution in [0.2, 0.25) is 0 Å². The summed E-state index contributed by atoms with van der Waals surface area (Å²) < 4.78 is 13.0. The number of hydrogen-bond acceptors (Lipinski definition) is 6. The van der Waals surface area contributed by atoms with E-state index in [1.807, 2.05) is 66.7 Å². The molecule has 8 heteroatoms. The number of nitrogens with one attached hydrogen (secondary N) is 2. The first-order valence-corrected chi connectivity index (χ1v) is 13.4. The molecule has 0 spiro atoms.